The molecule has 0 radical (unpaired) electrons. The van der Waals surface area contributed by atoms with E-state index in [0.717, 1.165) is 30.7 Å². The van der Waals surface area contributed by atoms with Crippen LogP contribution in [-0.2, 0) is 4.79 Å². The summed E-state index contributed by atoms with van der Waals surface area (Å²) in [7, 11) is 0. The molecule has 2 aromatic rings. The molecule has 0 bridgehead atoms. The van der Waals surface area contributed by atoms with E-state index in [1.54, 1.807) is 0 Å². The first kappa shape index (κ1) is 12.1. The number of hydrogen-bond acceptors (Lipinski definition) is 3. The molecule has 1 saturated carbocycles. The quantitative estimate of drug-likeness (QED) is 0.918. The van der Waals surface area contributed by atoms with Crippen LogP contribution in [-0.4, -0.2) is 25.7 Å². The third-order valence-electron chi connectivity index (χ3n) is 4.23. The SMILES string of the molecule is CCC1CC(C(=O)O)C(c2nnc3ccccn23)C1. The van der Waals surface area contributed by atoms with E-state index >= 15 is 0 Å². The minimum absolute atomic E-state index is 0.0279. The average molecular weight is 259 g/mol. The summed E-state index contributed by atoms with van der Waals surface area (Å²) in [6, 6.07) is 5.71. The van der Waals surface area contributed by atoms with Crippen molar-refractivity contribution in [2.24, 2.45) is 11.8 Å². The van der Waals surface area contributed by atoms with E-state index in [2.05, 4.69) is 17.1 Å². The Labute approximate surface area is 111 Å². The molecule has 0 amide bonds. The van der Waals surface area contributed by atoms with E-state index in [1.807, 2.05) is 28.8 Å². The van der Waals surface area contributed by atoms with Crippen molar-refractivity contribution in [3.05, 3.63) is 30.2 Å². The minimum Gasteiger partial charge on any atom is -0.481 e. The summed E-state index contributed by atoms with van der Waals surface area (Å²) < 4.78 is 1.92. The van der Waals surface area contributed by atoms with Crippen molar-refractivity contribution in [3.8, 4) is 0 Å². The van der Waals surface area contributed by atoms with Gasteiger partial charge in [0.05, 0.1) is 5.92 Å². The predicted molar refractivity (Wildman–Crippen MR) is 69.9 cm³/mol. The highest BCUT2D eigenvalue weighted by atomic mass is 16.4. The second-order valence-electron chi connectivity index (χ2n) is 5.28. The summed E-state index contributed by atoms with van der Waals surface area (Å²) >= 11 is 0. The van der Waals surface area contributed by atoms with Crippen LogP contribution in [0.15, 0.2) is 24.4 Å². The molecule has 5 heteroatoms. The molecule has 3 atom stereocenters. The second kappa shape index (κ2) is 4.64. The van der Waals surface area contributed by atoms with Gasteiger partial charge in [0.15, 0.2) is 5.65 Å². The number of pyridine rings is 1. The molecule has 3 rings (SSSR count). The molecule has 0 aromatic carbocycles. The third-order valence-corrected chi connectivity index (χ3v) is 4.23. The fraction of sp³-hybridized carbons (Fsp3) is 0.500. The van der Waals surface area contributed by atoms with Gasteiger partial charge in [-0.2, -0.15) is 0 Å². The van der Waals surface area contributed by atoms with E-state index < -0.39 is 5.97 Å². The molecule has 1 aliphatic rings. The van der Waals surface area contributed by atoms with E-state index in [-0.39, 0.29) is 11.8 Å². The lowest BCUT2D eigenvalue weighted by Crippen LogP contribution is -2.18. The Balaban J connectivity index is 2.02. The van der Waals surface area contributed by atoms with Crippen LogP contribution in [0, 0.1) is 11.8 Å². The highest BCUT2D eigenvalue weighted by Crippen LogP contribution is 2.43. The van der Waals surface area contributed by atoms with Crippen molar-refractivity contribution >= 4 is 11.6 Å². The number of rotatable bonds is 3. The zero-order valence-corrected chi connectivity index (χ0v) is 10.9. The molecule has 2 aromatic heterocycles. The first-order chi connectivity index (χ1) is 9.20. The van der Waals surface area contributed by atoms with Crippen molar-refractivity contribution in [3.63, 3.8) is 0 Å². The van der Waals surface area contributed by atoms with Gasteiger partial charge in [-0.3, -0.25) is 9.20 Å². The van der Waals surface area contributed by atoms with Crippen molar-refractivity contribution in [1.82, 2.24) is 14.6 Å². The molecule has 100 valence electrons. The Morgan fingerprint density at radius 2 is 2.26 bits per heavy atom. The molecule has 0 saturated heterocycles. The Morgan fingerprint density at radius 3 is 3.00 bits per heavy atom. The maximum absolute atomic E-state index is 11.4. The van der Waals surface area contributed by atoms with Crippen molar-refractivity contribution in [1.29, 1.82) is 0 Å². The van der Waals surface area contributed by atoms with Crippen LogP contribution >= 0.6 is 0 Å². The van der Waals surface area contributed by atoms with Crippen LogP contribution < -0.4 is 0 Å². The van der Waals surface area contributed by atoms with Crippen LogP contribution in [0.4, 0.5) is 0 Å². The maximum atomic E-state index is 11.4. The lowest BCUT2D eigenvalue weighted by molar-refractivity contribution is -0.142. The molecular weight excluding hydrogens is 242 g/mol. The fourth-order valence-corrected chi connectivity index (χ4v) is 3.15. The largest absolute Gasteiger partial charge is 0.481 e. The zero-order chi connectivity index (χ0) is 13.4. The molecule has 1 N–H and O–H groups in total. The zero-order valence-electron chi connectivity index (χ0n) is 10.9. The predicted octanol–water partition coefficient (Wildman–Crippen LogP) is 2.33. The normalized spacial score (nSPS) is 26.9. The summed E-state index contributed by atoms with van der Waals surface area (Å²) in [5, 5.41) is 17.8. The smallest absolute Gasteiger partial charge is 0.307 e. The molecule has 19 heavy (non-hydrogen) atoms. The Kier molecular flexibility index (Phi) is 2.97. The molecule has 5 nitrogen and oxygen atoms in total. The molecule has 0 aliphatic heterocycles. The first-order valence-electron chi connectivity index (χ1n) is 6.73. The number of aliphatic carboxylic acids is 1. The van der Waals surface area contributed by atoms with Gasteiger partial charge in [-0.15, -0.1) is 10.2 Å². The van der Waals surface area contributed by atoms with Crippen LogP contribution in [0.1, 0.15) is 37.9 Å². The Bertz CT molecular complexity index is 608. The van der Waals surface area contributed by atoms with E-state index in [4.69, 9.17) is 0 Å². The van der Waals surface area contributed by atoms with E-state index in [0.29, 0.717) is 5.92 Å². The summed E-state index contributed by atoms with van der Waals surface area (Å²) in [5.41, 5.74) is 0.779. The van der Waals surface area contributed by atoms with Gasteiger partial charge >= 0.3 is 5.97 Å². The van der Waals surface area contributed by atoms with Crippen LogP contribution in [0.2, 0.25) is 0 Å². The number of hydrogen-bond donors (Lipinski definition) is 1. The average Bonchev–Trinajstić information content (AvgIpc) is 3.02. The molecule has 3 unspecified atom stereocenters. The van der Waals surface area contributed by atoms with Crippen LogP contribution in [0.25, 0.3) is 5.65 Å². The Morgan fingerprint density at radius 1 is 1.42 bits per heavy atom. The number of carboxylic acids is 1. The van der Waals surface area contributed by atoms with Crippen molar-refractivity contribution < 1.29 is 9.90 Å². The highest BCUT2D eigenvalue weighted by molar-refractivity contribution is 5.71. The maximum Gasteiger partial charge on any atom is 0.307 e. The summed E-state index contributed by atoms with van der Waals surface area (Å²) in [5.74, 6) is 0.187. The Hall–Kier alpha value is -1.91. The lowest BCUT2D eigenvalue weighted by atomic mass is 9.95. The molecule has 1 aliphatic carbocycles. The number of fused-ring (bicyclic) bond motifs is 1. The van der Waals surface area contributed by atoms with E-state index in [1.165, 1.54) is 0 Å². The van der Waals surface area contributed by atoms with Crippen molar-refractivity contribution in [2.45, 2.75) is 32.1 Å². The van der Waals surface area contributed by atoms with Gasteiger partial charge in [-0.05, 0) is 30.9 Å². The number of nitrogens with zero attached hydrogens (tertiary/aromatic N) is 3. The van der Waals surface area contributed by atoms with Gasteiger partial charge in [-0.1, -0.05) is 19.4 Å². The second-order valence-corrected chi connectivity index (χ2v) is 5.28. The monoisotopic (exact) mass is 259 g/mol. The first-order valence-corrected chi connectivity index (χ1v) is 6.73. The van der Waals surface area contributed by atoms with Gasteiger partial charge < -0.3 is 5.11 Å². The molecule has 1 fully saturated rings. The third kappa shape index (κ3) is 1.99. The number of carboxylic acid groups (broad SMARTS) is 1. The van der Waals surface area contributed by atoms with Gasteiger partial charge in [0.25, 0.3) is 0 Å². The van der Waals surface area contributed by atoms with Crippen molar-refractivity contribution in [2.75, 3.05) is 0 Å². The van der Waals surface area contributed by atoms with Crippen LogP contribution in [0.3, 0.4) is 0 Å². The summed E-state index contributed by atoms with van der Waals surface area (Å²) in [6.07, 6.45) is 4.57. The number of aromatic nitrogens is 3. The van der Waals surface area contributed by atoms with Gasteiger partial charge in [-0.25, -0.2) is 0 Å². The molecule has 2 heterocycles. The van der Waals surface area contributed by atoms with Gasteiger partial charge in [0.1, 0.15) is 5.82 Å². The van der Waals surface area contributed by atoms with E-state index in [9.17, 15) is 9.90 Å². The highest BCUT2D eigenvalue weighted by Gasteiger charge is 2.41. The molecular formula is C14H17N3O2. The standard InChI is InChI=1S/C14H17N3O2/c1-2-9-7-10(11(8-9)14(18)19)13-16-15-12-5-3-4-6-17(12)13/h3-6,9-11H,2,7-8H2,1H3,(H,18,19). The minimum atomic E-state index is -0.714. The topological polar surface area (TPSA) is 67.5 Å². The van der Waals surface area contributed by atoms with Gasteiger partial charge in [0.2, 0.25) is 0 Å². The van der Waals surface area contributed by atoms with Gasteiger partial charge in [0, 0.05) is 12.1 Å². The number of carbonyl (C=O) groups is 1. The summed E-state index contributed by atoms with van der Waals surface area (Å²) in [6.45, 7) is 2.12. The lowest BCUT2D eigenvalue weighted by Gasteiger charge is -2.13. The van der Waals surface area contributed by atoms with Crippen LogP contribution in [0.5, 0.6) is 0 Å². The summed E-state index contributed by atoms with van der Waals surface area (Å²) in [4.78, 5) is 11.4. The molecule has 0 spiro atoms. The fourth-order valence-electron chi connectivity index (χ4n) is 3.15.